The first-order valence-electron chi connectivity index (χ1n) is 6.20. The zero-order chi connectivity index (χ0) is 13.9. The van der Waals surface area contributed by atoms with Crippen molar-refractivity contribution < 1.29 is 14.7 Å². The number of aliphatic carboxylic acids is 1. The van der Waals surface area contributed by atoms with Crippen LogP contribution in [0.3, 0.4) is 0 Å². The van der Waals surface area contributed by atoms with Crippen LogP contribution in [0.5, 0.6) is 0 Å². The number of nitrogens with zero attached hydrogens (tertiary/aromatic N) is 2. The predicted molar refractivity (Wildman–Crippen MR) is 68.5 cm³/mol. The number of rotatable bonds is 3. The highest BCUT2D eigenvalue weighted by Gasteiger charge is 2.29. The van der Waals surface area contributed by atoms with Gasteiger partial charge >= 0.3 is 12.0 Å². The number of carbonyl (C=O) groups is 2. The number of hydrogen-bond donors (Lipinski definition) is 2. The average Bonchev–Trinajstić information content (AvgIpc) is 2.29. The minimum absolute atomic E-state index is 0.141. The summed E-state index contributed by atoms with van der Waals surface area (Å²) in [6.45, 7) is 7.61. The molecule has 104 valence electrons. The molecule has 2 N–H and O–H groups in total. The van der Waals surface area contributed by atoms with E-state index in [0.717, 1.165) is 6.54 Å². The summed E-state index contributed by atoms with van der Waals surface area (Å²) in [7, 11) is 2.04. The van der Waals surface area contributed by atoms with E-state index < -0.39 is 11.4 Å². The van der Waals surface area contributed by atoms with Crippen molar-refractivity contribution in [1.82, 2.24) is 15.1 Å². The van der Waals surface area contributed by atoms with Crippen LogP contribution in [0.2, 0.25) is 0 Å². The Bertz CT molecular complexity index is 331. The summed E-state index contributed by atoms with van der Waals surface area (Å²) in [6, 6.07) is 0.154. The first kappa shape index (κ1) is 14.8. The van der Waals surface area contributed by atoms with Crippen LogP contribution in [-0.2, 0) is 4.79 Å². The highest BCUT2D eigenvalue weighted by molar-refractivity contribution is 5.77. The van der Waals surface area contributed by atoms with Crippen molar-refractivity contribution in [3.05, 3.63) is 0 Å². The normalized spacial score (nSPS) is 21.8. The molecule has 2 amide bonds. The molecule has 1 aliphatic heterocycles. The molecule has 0 aromatic carbocycles. The van der Waals surface area contributed by atoms with Gasteiger partial charge in [-0.1, -0.05) is 0 Å². The maximum atomic E-state index is 11.9. The minimum Gasteiger partial charge on any atom is -0.481 e. The fraction of sp³-hybridized carbons (Fsp3) is 0.833. The topological polar surface area (TPSA) is 72.9 Å². The molecule has 0 aromatic heterocycles. The SMILES string of the molecule is CC1CN(C(=O)NCC(C)(C)C(=O)O)CCN1C. The van der Waals surface area contributed by atoms with E-state index in [1.165, 1.54) is 0 Å². The number of hydrogen-bond acceptors (Lipinski definition) is 3. The van der Waals surface area contributed by atoms with Gasteiger partial charge in [0.1, 0.15) is 0 Å². The maximum absolute atomic E-state index is 11.9. The number of nitrogens with one attached hydrogen (secondary N) is 1. The third kappa shape index (κ3) is 3.60. The second kappa shape index (κ2) is 5.56. The molecule has 0 radical (unpaired) electrons. The van der Waals surface area contributed by atoms with Crippen LogP contribution >= 0.6 is 0 Å². The van der Waals surface area contributed by atoms with Crippen LogP contribution in [0.25, 0.3) is 0 Å². The Balaban J connectivity index is 2.45. The fourth-order valence-electron chi connectivity index (χ4n) is 1.72. The summed E-state index contributed by atoms with van der Waals surface area (Å²) < 4.78 is 0. The largest absolute Gasteiger partial charge is 0.481 e. The van der Waals surface area contributed by atoms with Crippen LogP contribution in [0.1, 0.15) is 20.8 Å². The minimum atomic E-state index is -0.937. The molecular formula is C12H23N3O3. The Hall–Kier alpha value is -1.30. The van der Waals surface area contributed by atoms with Crippen LogP contribution < -0.4 is 5.32 Å². The third-order valence-corrected chi connectivity index (χ3v) is 3.51. The van der Waals surface area contributed by atoms with Crippen LogP contribution in [0.15, 0.2) is 0 Å². The van der Waals surface area contributed by atoms with Crippen LogP contribution in [0.4, 0.5) is 4.79 Å². The summed E-state index contributed by atoms with van der Waals surface area (Å²) >= 11 is 0. The standard InChI is InChI=1S/C12H23N3O3/c1-9-7-15(6-5-14(9)4)11(18)13-8-12(2,3)10(16)17/h9H,5-8H2,1-4H3,(H,13,18)(H,16,17). The van der Waals surface area contributed by atoms with E-state index in [9.17, 15) is 9.59 Å². The van der Waals surface area contributed by atoms with Crippen molar-refractivity contribution in [3.63, 3.8) is 0 Å². The molecule has 1 fully saturated rings. The van der Waals surface area contributed by atoms with E-state index in [1.54, 1.807) is 18.7 Å². The van der Waals surface area contributed by atoms with E-state index in [2.05, 4.69) is 17.1 Å². The zero-order valence-electron chi connectivity index (χ0n) is 11.6. The van der Waals surface area contributed by atoms with Gasteiger partial charge in [-0.2, -0.15) is 0 Å². The van der Waals surface area contributed by atoms with Gasteiger partial charge in [0.05, 0.1) is 5.41 Å². The van der Waals surface area contributed by atoms with E-state index >= 15 is 0 Å². The highest BCUT2D eigenvalue weighted by Crippen LogP contribution is 2.14. The quantitative estimate of drug-likeness (QED) is 0.769. The van der Waals surface area contributed by atoms with E-state index in [1.807, 2.05) is 7.05 Å². The Morgan fingerprint density at radius 3 is 2.50 bits per heavy atom. The molecule has 1 aliphatic rings. The van der Waals surface area contributed by atoms with Gasteiger partial charge in [0, 0.05) is 32.2 Å². The van der Waals surface area contributed by atoms with E-state index in [-0.39, 0.29) is 12.6 Å². The monoisotopic (exact) mass is 257 g/mol. The van der Waals surface area contributed by atoms with Crippen LogP contribution in [0, 0.1) is 5.41 Å². The lowest BCUT2D eigenvalue weighted by molar-refractivity contribution is -0.146. The molecule has 1 rings (SSSR count). The summed E-state index contributed by atoms with van der Waals surface area (Å²) in [6.07, 6.45) is 0. The van der Waals surface area contributed by atoms with E-state index in [0.29, 0.717) is 19.1 Å². The van der Waals surface area contributed by atoms with Gasteiger partial charge in [-0.3, -0.25) is 4.79 Å². The lowest BCUT2D eigenvalue weighted by atomic mass is 9.94. The molecule has 0 aliphatic carbocycles. The Morgan fingerprint density at radius 2 is 2.00 bits per heavy atom. The van der Waals surface area contributed by atoms with Gasteiger partial charge in [0.25, 0.3) is 0 Å². The highest BCUT2D eigenvalue weighted by atomic mass is 16.4. The molecule has 0 saturated carbocycles. The first-order chi connectivity index (χ1) is 8.24. The predicted octanol–water partition coefficient (Wildman–Crippen LogP) is 0.443. The van der Waals surface area contributed by atoms with Crippen molar-refractivity contribution >= 4 is 12.0 Å². The van der Waals surface area contributed by atoms with E-state index in [4.69, 9.17) is 5.11 Å². The zero-order valence-corrected chi connectivity index (χ0v) is 11.6. The van der Waals surface area contributed by atoms with Crippen LogP contribution in [-0.4, -0.2) is 66.2 Å². The summed E-state index contributed by atoms with van der Waals surface area (Å²) in [4.78, 5) is 26.8. The van der Waals surface area contributed by atoms with Gasteiger partial charge in [-0.15, -0.1) is 0 Å². The Morgan fingerprint density at radius 1 is 1.39 bits per heavy atom. The lowest BCUT2D eigenvalue weighted by Crippen LogP contribution is -2.55. The second-order valence-corrected chi connectivity index (χ2v) is 5.62. The molecule has 6 nitrogen and oxygen atoms in total. The van der Waals surface area contributed by atoms with Gasteiger partial charge in [-0.25, -0.2) is 4.79 Å². The molecule has 1 unspecified atom stereocenters. The summed E-state index contributed by atoms with van der Waals surface area (Å²) in [5, 5.41) is 11.7. The molecule has 6 heteroatoms. The maximum Gasteiger partial charge on any atom is 0.317 e. The summed E-state index contributed by atoms with van der Waals surface area (Å²) in [5.41, 5.74) is -0.937. The number of likely N-dealkylation sites (N-methyl/N-ethyl adjacent to an activating group) is 1. The molecule has 1 atom stereocenters. The third-order valence-electron chi connectivity index (χ3n) is 3.51. The average molecular weight is 257 g/mol. The number of carboxylic acid groups (broad SMARTS) is 1. The lowest BCUT2D eigenvalue weighted by Gasteiger charge is -2.37. The molecule has 0 bridgehead atoms. The van der Waals surface area contributed by atoms with Crippen molar-refractivity contribution in [2.24, 2.45) is 5.41 Å². The van der Waals surface area contributed by atoms with Gasteiger partial charge in [0.2, 0.25) is 0 Å². The van der Waals surface area contributed by atoms with Crippen molar-refractivity contribution in [2.75, 3.05) is 33.2 Å². The molecular weight excluding hydrogens is 234 g/mol. The smallest absolute Gasteiger partial charge is 0.317 e. The molecule has 1 saturated heterocycles. The Labute approximate surface area is 108 Å². The molecule has 18 heavy (non-hydrogen) atoms. The van der Waals surface area contributed by atoms with Gasteiger partial charge in [0.15, 0.2) is 0 Å². The van der Waals surface area contributed by atoms with Crippen molar-refractivity contribution in [3.8, 4) is 0 Å². The number of carboxylic acids is 1. The first-order valence-corrected chi connectivity index (χ1v) is 6.20. The van der Waals surface area contributed by atoms with Crippen molar-refractivity contribution in [2.45, 2.75) is 26.8 Å². The second-order valence-electron chi connectivity index (χ2n) is 5.62. The summed E-state index contributed by atoms with van der Waals surface area (Å²) in [5.74, 6) is -0.908. The number of carbonyl (C=O) groups excluding carboxylic acids is 1. The van der Waals surface area contributed by atoms with Gasteiger partial charge < -0.3 is 20.2 Å². The number of urea groups is 1. The Kier molecular flexibility index (Phi) is 4.56. The fourth-order valence-corrected chi connectivity index (χ4v) is 1.72. The molecule has 0 spiro atoms. The molecule has 1 heterocycles. The number of piperazine rings is 1. The van der Waals surface area contributed by atoms with Gasteiger partial charge in [-0.05, 0) is 27.8 Å². The number of amides is 2. The van der Waals surface area contributed by atoms with Crippen molar-refractivity contribution in [1.29, 1.82) is 0 Å². The molecule has 0 aromatic rings.